The maximum atomic E-state index is 12.3. The van der Waals surface area contributed by atoms with Gasteiger partial charge in [0.2, 0.25) is 10.0 Å². The fraction of sp³-hybridized carbons (Fsp3) is 0.455. The van der Waals surface area contributed by atoms with Gasteiger partial charge in [-0.3, -0.25) is 0 Å². The topological polar surface area (TPSA) is 87.1 Å². The summed E-state index contributed by atoms with van der Waals surface area (Å²) in [5.41, 5.74) is 0. The second-order valence-corrected chi connectivity index (χ2v) is 6.17. The summed E-state index contributed by atoms with van der Waals surface area (Å²) in [7, 11) is -4.01. The Kier molecular flexibility index (Phi) is 6.75. The van der Waals surface area contributed by atoms with Gasteiger partial charge in [0, 0.05) is 13.1 Å². The van der Waals surface area contributed by atoms with Gasteiger partial charge in [0.1, 0.15) is 5.75 Å². The zero-order chi connectivity index (χ0) is 16.0. The molecule has 0 bridgehead atoms. The van der Waals surface area contributed by atoms with Gasteiger partial charge >= 0.3 is 6.61 Å². The van der Waals surface area contributed by atoms with Crippen molar-refractivity contribution >= 4 is 21.6 Å². The normalized spacial score (nSPS) is 12.1. The molecule has 120 valence electrons. The molecule has 1 aromatic rings. The molecule has 0 aliphatic carbocycles. The molecule has 0 radical (unpaired) electrons. The molecular formula is C11H14ClF2NO5S. The van der Waals surface area contributed by atoms with E-state index < -0.39 is 29.8 Å². The lowest BCUT2D eigenvalue weighted by Gasteiger charge is -2.20. The summed E-state index contributed by atoms with van der Waals surface area (Å²) in [6, 6.07) is 3.04. The number of rotatable bonds is 8. The van der Waals surface area contributed by atoms with Crippen molar-refractivity contribution in [3.8, 4) is 5.75 Å². The highest BCUT2D eigenvalue weighted by Gasteiger charge is 2.24. The summed E-state index contributed by atoms with van der Waals surface area (Å²) in [6.45, 7) is -4.37. The molecule has 0 saturated carbocycles. The number of aliphatic hydroxyl groups excluding tert-OH is 2. The second kappa shape index (κ2) is 7.85. The van der Waals surface area contributed by atoms with Crippen LogP contribution in [-0.2, 0) is 10.0 Å². The lowest BCUT2D eigenvalue weighted by molar-refractivity contribution is -0.0498. The highest BCUT2D eigenvalue weighted by atomic mass is 35.5. The van der Waals surface area contributed by atoms with Crippen LogP contribution in [0.15, 0.2) is 23.1 Å². The molecule has 0 atom stereocenters. The third kappa shape index (κ3) is 4.75. The van der Waals surface area contributed by atoms with Crippen molar-refractivity contribution < 1.29 is 32.1 Å². The number of halogens is 3. The predicted molar refractivity (Wildman–Crippen MR) is 71.0 cm³/mol. The Bertz CT molecular complexity index is 564. The van der Waals surface area contributed by atoms with Crippen LogP contribution >= 0.6 is 11.6 Å². The maximum absolute atomic E-state index is 12.3. The minimum absolute atomic E-state index is 0.213. The van der Waals surface area contributed by atoms with E-state index in [1.807, 2.05) is 0 Å². The standard InChI is InChI=1S/C11H14ClF2NO5S/c12-9-7-8(1-2-10(9)20-11(13)14)21(18,19)15(3-5-16)4-6-17/h1-2,7,11,16-17H,3-6H2. The van der Waals surface area contributed by atoms with Gasteiger partial charge < -0.3 is 14.9 Å². The first kappa shape index (κ1) is 18.1. The van der Waals surface area contributed by atoms with Crippen LogP contribution in [-0.4, -0.2) is 55.9 Å². The summed E-state index contributed by atoms with van der Waals surface area (Å²) in [4.78, 5) is -0.254. The number of sulfonamides is 1. The Labute approximate surface area is 125 Å². The van der Waals surface area contributed by atoms with Gasteiger partial charge in [0.25, 0.3) is 0 Å². The van der Waals surface area contributed by atoms with Gasteiger partial charge in [0.15, 0.2) is 0 Å². The molecule has 1 aromatic carbocycles. The first-order valence-electron chi connectivity index (χ1n) is 5.79. The molecule has 6 nitrogen and oxygen atoms in total. The maximum Gasteiger partial charge on any atom is 0.387 e. The lowest BCUT2D eigenvalue weighted by Crippen LogP contribution is -2.35. The van der Waals surface area contributed by atoms with E-state index >= 15 is 0 Å². The van der Waals surface area contributed by atoms with Crippen LogP contribution in [0.3, 0.4) is 0 Å². The molecule has 0 saturated heterocycles. The average molecular weight is 346 g/mol. The fourth-order valence-corrected chi connectivity index (χ4v) is 3.30. The van der Waals surface area contributed by atoms with Crippen molar-refractivity contribution in [2.24, 2.45) is 0 Å². The highest BCUT2D eigenvalue weighted by Crippen LogP contribution is 2.29. The number of alkyl halides is 2. The first-order valence-corrected chi connectivity index (χ1v) is 7.61. The van der Waals surface area contributed by atoms with Crippen molar-refractivity contribution in [1.29, 1.82) is 0 Å². The molecule has 0 aliphatic rings. The van der Waals surface area contributed by atoms with Gasteiger partial charge in [-0.25, -0.2) is 8.42 Å². The van der Waals surface area contributed by atoms with Crippen molar-refractivity contribution in [3.05, 3.63) is 23.2 Å². The number of benzene rings is 1. The molecule has 0 heterocycles. The van der Waals surface area contributed by atoms with Crippen molar-refractivity contribution in [3.63, 3.8) is 0 Å². The molecule has 0 spiro atoms. The average Bonchev–Trinajstić information content (AvgIpc) is 2.40. The van der Waals surface area contributed by atoms with E-state index in [4.69, 9.17) is 21.8 Å². The minimum Gasteiger partial charge on any atom is -0.433 e. The largest absolute Gasteiger partial charge is 0.433 e. The van der Waals surface area contributed by atoms with Crippen LogP contribution in [0, 0.1) is 0 Å². The van der Waals surface area contributed by atoms with Crippen LogP contribution in [0.1, 0.15) is 0 Å². The zero-order valence-electron chi connectivity index (χ0n) is 10.7. The molecule has 0 amide bonds. The van der Waals surface area contributed by atoms with E-state index in [0.717, 1.165) is 22.5 Å². The molecule has 10 heteroatoms. The Morgan fingerprint density at radius 2 is 1.81 bits per heavy atom. The summed E-state index contributed by atoms with van der Waals surface area (Å²) < 4.78 is 53.7. The van der Waals surface area contributed by atoms with Gasteiger partial charge in [-0.05, 0) is 18.2 Å². The quantitative estimate of drug-likeness (QED) is 0.731. The highest BCUT2D eigenvalue weighted by molar-refractivity contribution is 7.89. The van der Waals surface area contributed by atoms with Crippen LogP contribution in [0.4, 0.5) is 8.78 Å². The Morgan fingerprint density at radius 3 is 2.24 bits per heavy atom. The molecule has 1 rings (SSSR count). The van der Waals surface area contributed by atoms with E-state index in [9.17, 15) is 17.2 Å². The van der Waals surface area contributed by atoms with Gasteiger partial charge in [-0.15, -0.1) is 0 Å². The number of aliphatic hydroxyl groups is 2. The predicted octanol–water partition coefficient (Wildman–Crippen LogP) is 0.917. The van der Waals surface area contributed by atoms with Crippen molar-refractivity contribution in [1.82, 2.24) is 4.31 Å². The molecule has 2 N–H and O–H groups in total. The summed E-state index contributed by atoms with van der Waals surface area (Å²) in [6.07, 6.45) is 0. The Hall–Kier alpha value is -1.00. The molecule has 0 unspecified atom stereocenters. The summed E-state index contributed by atoms with van der Waals surface area (Å²) >= 11 is 5.70. The third-order valence-corrected chi connectivity index (χ3v) is 4.65. The Morgan fingerprint density at radius 1 is 1.24 bits per heavy atom. The lowest BCUT2D eigenvalue weighted by atomic mass is 10.3. The SMILES string of the molecule is O=S(=O)(c1ccc(OC(F)F)c(Cl)c1)N(CCO)CCO. The number of ether oxygens (including phenoxy) is 1. The fourth-order valence-electron chi connectivity index (χ4n) is 1.56. The van der Waals surface area contributed by atoms with Crippen molar-refractivity contribution in [2.75, 3.05) is 26.3 Å². The van der Waals surface area contributed by atoms with E-state index in [1.54, 1.807) is 0 Å². The minimum atomic E-state index is -4.01. The zero-order valence-corrected chi connectivity index (χ0v) is 12.3. The van der Waals surface area contributed by atoms with Crippen LogP contribution < -0.4 is 4.74 Å². The van der Waals surface area contributed by atoms with Crippen LogP contribution in [0.2, 0.25) is 5.02 Å². The van der Waals surface area contributed by atoms with Gasteiger partial charge in [0.05, 0.1) is 23.1 Å². The van der Waals surface area contributed by atoms with E-state index in [1.165, 1.54) is 0 Å². The Balaban J connectivity index is 3.10. The van der Waals surface area contributed by atoms with E-state index in [0.29, 0.717) is 0 Å². The van der Waals surface area contributed by atoms with E-state index in [-0.39, 0.29) is 28.8 Å². The first-order chi connectivity index (χ1) is 9.82. The van der Waals surface area contributed by atoms with Crippen LogP contribution in [0.5, 0.6) is 5.75 Å². The number of hydrogen-bond acceptors (Lipinski definition) is 5. The van der Waals surface area contributed by atoms with Gasteiger partial charge in [-0.1, -0.05) is 11.6 Å². The van der Waals surface area contributed by atoms with E-state index in [2.05, 4.69) is 4.74 Å². The number of hydrogen-bond donors (Lipinski definition) is 2. The molecule has 0 aromatic heterocycles. The van der Waals surface area contributed by atoms with Gasteiger partial charge in [-0.2, -0.15) is 13.1 Å². The number of nitrogens with zero attached hydrogens (tertiary/aromatic N) is 1. The monoisotopic (exact) mass is 345 g/mol. The van der Waals surface area contributed by atoms with Crippen LogP contribution in [0.25, 0.3) is 0 Å². The molecule has 0 fully saturated rings. The summed E-state index contributed by atoms with van der Waals surface area (Å²) in [5, 5.41) is 17.4. The smallest absolute Gasteiger partial charge is 0.387 e. The molecular weight excluding hydrogens is 332 g/mol. The van der Waals surface area contributed by atoms with Crippen molar-refractivity contribution in [2.45, 2.75) is 11.5 Å². The third-order valence-electron chi connectivity index (χ3n) is 2.46. The summed E-state index contributed by atoms with van der Waals surface area (Å²) in [5.74, 6) is -0.346. The second-order valence-electron chi connectivity index (χ2n) is 3.82. The molecule has 0 aliphatic heterocycles. The molecule has 21 heavy (non-hydrogen) atoms.